The minimum atomic E-state index is -0.570. The molecule has 1 amide bonds. The number of pyridine rings is 1. The normalized spacial score (nSPS) is 17.3. The number of nitrogens with zero attached hydrogens (tertiary/aromatic N) is 7. The van der Waals surface area contributed by atoms with Crippen molar-refractivity contribution in [3.8, 4) is 16.9 Å². The van der Waals surface area contributed by atoms with Crippen LogP contribution in [0.25, 0.3) is 28.0 Å². The van der Waals surface area contributed by atoms with Gasteiger partial charge in [0.05, 0.1) is 33.2 Å². The minimum Gasteiger partial charge on any atom is -0.349 e. The smallest absolute Gasteiger partial charge is 0.349 e. The third-order valence-corrected chi connectivity index (χ3v) is 8.13. The number of piperazine rings is 1. The van der Waals surface area contributed by atoms with Crippen molar-refractivity contribution in [1.82, 2.24) is 29.4 Å². The van der Waals surface area contributed by atoms with E-state index in [0.717, 1.165) is 0 Å². The summed E-state index contributed by atoms with van der Waals surface area (Å²) >= 11 is 6.82. The van der Waals surface area contributed by atoms with Gasteiger partial charge in [-0.3, -0.25) is 4.79 Å². The molecule has 0 N–H and O–H groups in total. The molecule has 1 aromatic carbocycles. The van der Waals surface area contributed by atoms with Gasteiger partial charge >= 0.3 is 5.69 Å². The van der Waals surface area contributed by atoms with Crippen LogP contribution in [0.5, 0.6) is 0 Å². The fourth-order valence-electron chi connectivity index (χ4n) is 5.70. The zero-order chi connectivity index (χ0) is 31.2. The number of carbonyl (C=O) groups is 1. The summed E-state index contributed by atoms with van der Waals surface area (Å²) in [4.78, 5) is 49.1. The van der Waals surface area contributed by atoms with Gasteiger partial charge in [0, 0.05) is 30.7 Å². The second-order valence-corrected chi connectivity index (χ2v) is 12.0. The third-order valence-electron chi connectivity index (χ3n) is 7.84. The molecule has 2 atom stereocenters. The largest absolute Gasteiger partial charge is 0.355 e. The van der Waals surface area contributed by atoms with Crippen molar-refractivity contribution in [3.05, 3.63) is 82.0 Å². The van der Waals surface area contributed by atoms with Crippen LogP contribution in [0, 0.1) is 5.82 Å². The van der Waals surface area contributed by atoms with E-state index in [2.05, 4.69) is 21.5 Å². The van der Waals surface area contributed by atoms with Crippen LogP contribution >= 0.6 is 11.6 Å². The van der Waals surface area contributed by atoms with Crippen molar-refractivity contribution in [2.24, 2.45) is 0 Å². The first-order valence-electron chi connectivity index (χ1n) is 14.4. The van der Waals surface area contributed by atoms with Crippen LogP contribution < -0.4 is 10.6 Å². The molecule has 0 saturated carbocycles. The van der Waals surface area contributed by atoms with Crippen LogP contribution in [0.3, 0.4) is 0 Å². The molecule has 0 bridgehead atoms. The maximum atomic E-state index is 15.0. The summed E-state index contributed by atoms with van der Waals surface area (Å²) < 4.78 is 16.5. The van der Waals surface area contributed by atoms with E-state index in [1.807, 2.05) is 46.4 Å². The molecule has 11 heteroatoms. The maximum Gasteiger partial charge on any atom is 0.355 e. The van der Waals surface area contributed by atoms with Gasteiger partial charge in [0.2, 0.25) is 5.91 Å². The standard InChI is InChI=1S/C32H35ClFN7O2/c1-8-25(42)39-14-20(7)40(15-19(39)6)30-22-13-23(33)28(21-11-9-10-12-24(21)34)37-31(22)41(32(43)38-30)29-26(17(2)3)35-16-36-27(29)18(4)5/h8-13,16-20H,1,14-15H2,2-7H3/t19-,20+/m1/s1. The zero-order valence-corrected chi connectivity index (χ0v) is 25.9. The highest BCUT2D eigenvalue weighted by molar-refractivity contribution is 6.33. The summed E-state index contributed by atoms with van der Waals surface area (Å²) in [5, 5.41) is 0.727. The molecular formula is C32H35ClFN7O2. The summed E-state index contributed by atoms with van der Waals surface area (Å²) in [7, 11) is 0. The Morgan fingerprint density at radius 1 is 1.05 bits per heavy atom. The van der Waals surface area contributed by atoms with Crippen LogP contribution in [-0.2, 0) is 4.79 Å². The minimum absolute atomic E-state index is 0.0492. The van der Waals surface area contributed by atoms with Gasteiger partial charge in [-0.2, -0.15) is 4.98 Å². The number of halogens is 2. The van der Waals surface area contributed by atoms with Gasteiger partial charge in [-0.05, 0) is 50.0 Å². The number of fused-ring (bicyclic) bond motifs is 1. The number of benzene rings is 1. The van der Waals surface area contributed by atoms with Crippen molar-refractivity contribution in [2.75, 3.05) is 18.0 Å². The average Bonchev–Trinajstić information content (AvgIpc) is 2.97. The van der Waals surface area contributed by atoms with Crippen molar-refractivity contribution in [1.29, 1.82) is 0 Å². The topological polar surface area (TPSA) is 97.1 Å². The molecule has 1 fully saturated rings. The Kier molecular flexibility index (Phi) is 8.34. The molecule has 5 rings (SSSR count). The number of hydrogen-bond acceptors (Lipinski definition) is 7. The predicted octanol–water partition coefficient (Wildman–Crippen LogP) is 5.89. The molecule has 0 spiro atoms. The van der Waals surface area contributed by atoms with Gasteiger partial charge in [0.15, 0.2) is 5.65 Å². The van der Waals surface area contributed by atoms with E-state index in [9.17, 15) is 9.59 Å². The lowest BCUT2D eigenvalue weighted by molar-refractivity contribution is -0.128. The predicted molar refractivity (Wildman–Crippen MR) is 167 cm³/mol. The molecule has 4 heterocycles. The Morgan fingerprint density at radius 2 is 1.70 bits per heavy atom. The number of anilines is 1. The molecule has 224 valence electrons. The average molecular weight is 604 g/mol. The summed E-state index contributed by atoms with van der Waals surface area (Å²) in [6.45, 7) is 16.3. The summed E-state index contributed by atoms with van der Waals surface area (Å²) in [5.74, 6) is -0.347. The van der Waals surface area contributed by atoms with Crippen LogP contribution in [0.1, 0.15) is 64.8 Å². The first-order valence-corrected chi connectivity index (χ1v) is 14.7. The fraction of sp³-hybridized carbons (Fsp3) is 0.375. The SMILES string of the molecule is C=CC(=O)N1C[C@H](C)N(c2nc(=O)n(-c3c(C(C)C)ncnc3C(C)C)c3nc(-c4ccccc4F)c(Cl)cc23)C[C@H]1C. The zero-order valence-electron chi connectivity index (χ0n) is 25.2. The second-order valence-electron chi connectivity index (χ2n) is 11.6. The van der Waals surface area contributed by atoms with E-state index in [-0.39, 0.29) is 51.8 Å². The van der Waals surface area contributed by atoms with E-state index < -0.39 is 11.5 Å². The van der Waals surface area contributed by atoms with Crippen LogP contribution in [0.2, 0.25) is 5.02 Å². The number of carbonyl (C=O) groups excluding carboxylic acids is 1. The third kappa shape index (κ3) is 5.40. The quantitative estimate of drug-likeness (QED) is 0.254. The van der Waals surface area contributed by atoms with Crippen molar-refractivity contribution in [3.63, 3.8) is 0 Å². The Hall–Kier alpha value is -4.18. The van der Waals surface area contributed by atoms with Gasteiger partial charge in [0.25, 0.3) is 0 Å². The molecule has 1 aliphatic rings. The highest BCUT2D eigenvalue weighted by atomic mass is 35.5. The lowest BCUT2D eigenvalue weighted by Gasteiger charge is -2.44. The summed E-state index contributed by atoms with van der Waals surface area (Å²) in [5.41, 5.74) is 1.95. The van der Waals surface area contributed by atoms with Crippen LogP contribution in [0.4, 0.5) is 10.2 Å². The Bertz CT molecular complexity index is 1760. The number of amides is 1. The molecule has 1 saturated heterocycles. The molecule has 0 aliphatic carbocycles. The monoisotopic (exact) mass is 603 g/mol. The van der Waals surface area contributed by atoms with E-state index in [0.29, 0.717) is 41.4 Å². The molecular weight excluding hydrogens is 569 g/mol. The summed E-state index contributed by atoms with van der Waals surface area (Å²) in [6.07, 6.45) is 2.81. The number of aromatic nitrogens is 5. The van der Waals surface area contributed by atoms with Gasteiger partial charge in [0.1, 0.15) is 18.0 Å². The Labute approximate surface area is 255 Å². The Balaban J connectivity index is 1.86. The summed E-state index contributed by atoms with van der Waals surface area (Å²) in [6, 6.07) is 7.57. The molecule has 0 radical (unpaired) electrons. The first-order chi connectivity index (χ1) is 20.4. The molecule has 3 aromatic heterocycles. The number of rotatable bonds is 6. The van der Waals surface area contributed by atoms with E-state index in [1.54, 1.807) is 29.2 Å². The van der Waals surface area contributed by atoms with Gasteiger partial charge in [-0.15, -0.1) is 0 Å². The van der Waals surface area contributed by atoms with E-state index >= 15 is 4.39 Å². The Morgan fingerprint density at radius 3 is 2.30 bits per heavy atom. The van der Waals surface area contributed by atoms with Crippen LogP contribution in [0.15, 0.2) is 54.1 Å². The molecule has 1 aliphatic heterocycles. The van der Waals surface area contributed by atoms with E-state index in [1.165, 1.54) is 23.0 Å². The lowest BCUT2D eigenvalue weighted by atomic mass is 10.0. The number of hydrogen-bond donors (Lipinski definition) is 0. The molecule has 0 unspecified atom stereocenters. The highest BCUT2D eigenvalue weighted by Crippen LogP contribution is 2.37. The maximum absolute atomic E-state index is 15.0. The van der Waals surface area contributed by atoms with Gasteiger partial charge < -0.3 is 9.80 Å². The van der Waals surface area contributed by atoms with E-state index in [4.69, 9.17) is 16.6 Å². The van der Waals surface area contributed by atoms with Crippen molar-refractivity contribution in [2.45, 2.75) is 65.5 Å². The van der Waals surface area contributed by atoms with Crippen LogP contribution in [-0.4, -0.2) is 60.5 Å². The molecule has 9 nitrogen and oxygen atoms in total. The van der Waals surface area contributed by atoms with Gasteiger partial charge in [-0.1, -0.05) is 58.0 Å². The highest BCUT2D eigenvalue weighted by Gasteiger charge is 2.34. The molecule has 4 aromatic rings. The second kappa shape index (κ2) is 11.8. The van der Waals surface area contributed by atoms with Gasteiger partial charge in [-0.25, -0.2) is 28.7 Å². The van der Waals surface area contributed by atoms with Crippen molar-refractivity contribution >= 4 is 34.4 Å². The van der Waals surface area contributed by atoms with Crippen molar-refractivity contribution < 1.29 is 9.18 Å². The fourth-order valence-corrected chi connectivity index (χ4v) is 5.95. The lowest BCUT2D eigenvalue weighted by Crippen LogP contribution is -2.58. The first kappa shape index (κ1) is 30.3. The molecule has 43 heavy (non-hydrogen) atoms.